The fraction of sp³-hybridized carbons (Fsp3) is 0.667. The van der Waals surface area contributed by atoms with Gasteiger partial charge in [-0.2, -0.15) is 0 Å². The molecule has 0 bridgehead atoms. The van der Waals surface area contributed by atoms with E-state index < -0.39 is 0 Å². The average molecular weight is 488 g/mol. The van der Waals surface area contributed by atoms with Gasteiger partial charge in [-0.15, -0.1) is 24.0 Å². The molecule has 0 saturated heterocycles. The Bertz CT molecular complexity index is 538. The van der Waals surface area contributed by atoms with Crippen LogP contribution in [0, 0.1) is 0 Å². The normalized spacial score (nSPS) is 20.3. The molecule has 1 aromatic carbocycles. The van der Waals surface area contributed by atoms with Gasteiger partial charge in [0.05, 0.1) is 12.6 Å². The first-order valence-corrected chi connectivity index (χ1v) is 10.2. The predicted molar refractivity (Wildman–Crippen MR) is 125 cm³/mol. The molecular weight excluding hydrogens is 451 g/mol. The minimum absolute atomic E-state index is 0. The van der Waals surface area contributed by atoms with E-state index in [1.165, 1.54) is 11.1 Å². The Hall–Kier alpha value is -0.860. The lowest BCUT2D eigenvalue weighted by atomic mass is 9.93. The molecule has 0 aliphatic heterocycles. The number of nitrogens with one attached hydrogen (secondary N) is 2. The molecule has 0 spiro atoms. The summed E-state index contributed by atoms with van der Waals surface area (Å²) in [6.07, 6.45) is 3.65. The van der Waals surface area contributed by atoms with Crippen LogP contribution >= 0.6 is 24.0 Å². The molecular formula is C21H37IN4O. The largest absolute Gasteiger partial charge is 0.393 e. The summed E-state index contributed by atoms with van der Waals surface area (Å²) in [5.41, 5.74) is 2.58. The fourth-order valence-electron chi connectivity index (χ4n) is 3.36. The maximum Gasteiger partial charge on any atom is 0.191 e. The van der Waals surface area contributed by atoms with Crippen LogP contribution in [-0.2, 0) is 13.1 Å². The van der Waals surface area contributed by atoms with Gasteiger partial charge in [-0.3, -0.25) is 4.90 Å². The molecule has 0 aromatic heterocycles. The van der Waals surface area contributed by atoms with E-state index in [1.807, 2.05) is 0 Å². The van der Waals surface area contributed by atoms with Crippen LogP contribution in [0.5, 0.6) is 0 Å². The van der Waals surface area contributed by atoms with Crippen molar-refractivity contribution in [3.63, 3.8) is 0 Å². The van der Waals surface area contributed by atoms with Crippen LogP contribution in [0.15, 0.2) is 29.3 Å². The fourth-order valence-corrected chi connectivity index (χ4v) is 3.36. The Kier molecular flexibility index (Phi) is 11.9. The SMILES string of the molecule is CCNC(=NCc1ccc(CN(CC)CC)cc1)NC1CCC(O)CC1.I. The highest BCUT2D eigenvalue weighted by Gasteiger charge is 2.19. The van der Waals surface area contributed by atoms with Crippen molar-refractivity contribution in [1.82, 2.24) is 15.5 Å². The van der Waals surface area contributed by atoms with E-state index >= 15 is 0 Å². The molecule has 0 radical (unpaired) electrons. The summed E-state index contributed by atoms with van der Waals surface area (Å²) in [7, 11) is 0. The summed E-state index contributed by atoms with van der Waals surface area (Å²) in [5, 5.41) is 16.5. The van der Waals surface area contributed by atoms with Crippen LogP contribution in [0.3, 0.4) is 0 Å². The second kappa shape index (κ2) is 13.3. The Morgan fingerprint density at radius 3 is 2.19 bits per heavy atom. The zero-order valence-electron chi connectivity index (χ0n) is 17.1. The molecule has 2 rings (SSSR count). The third kappa shape index (κ3) is 8.79. The maximum absolute atomic E-state index is 9.65. The van der Waals surface area contributed by atoms with Crippen molar-refractivity contribution in [3.05, 3.63) is 35.4 Å². The van der Waals surface area contributed by atoms with Gasteiger partial charge in [0.1, 0.15) is 0 Å². The van der Waals surface area contributed by atoms with E-state index in [0.29, 0.717) is 12.6 Å². The van der Waals surface area contributed by atoms with Gasteiger partial charge < -0.3 is 15.7 Å². The second-order valence-corrected chi connectivity index (χ2v) is 7.12. The molecule has 1 aliphatic carbocycles. The molecule has 1 fully saturated rings. The van der Waals surface area contributed by atoms with Crippen molar-refractivity contribution in [2.75, 3.05) is 19.6 Å². The highest BCUT2D eigenvalue weighted by molar-refractivity contribution is 14.0. The number of halogens is 1. The van der Waals surface area contributed by atoms with E-state index in [0.717, 1.165) is 57.8 Å². The molecule has 1 aliphatic rings. The van der Waals surface area contributed by atoms with Crippen molar-refractivity contribution in [1.29, 1.82) is 0 Å². The molecule has 3 N–H and O–H groups in total. The maximum atomic E-state index is 9.65. The summed E-state index contributed by atoms with van der Waals surface area (Å²) >= 11 is 0. The molecule has 6 heteroatoms. The molecule has 5 nitrogen and oxygen atoms in total. The molecule has 0 unspecified atom stereocenters. The van der Waals surface area contributed by atoms with Crippen molar-refractivity contribution < 1.29 is 5.11 Å². The number of nitrogens with zero attached hydrogens (tertiary/aromatic N) is 2. The number of guanidine groups is 1. The van der Waals surface area contributed by atoms with Gasteiger partial charge >= 0.3 is 0 Å². The third-order valence-electron chi connectivity index (χ3n) is 5.13. The van der Waals surface area contributed by atoms with E-state index in [4.69, 9.17) is 4.99 Å². The number of aliphatic imine (C=N–C) groups is 1. The Labute approximate surface area is 182 Å². The Morgan fingerprint density at radius 1 is 1.04 bits per heavy atom. The predicted octanol–water partition coefficient (Wildman–Crippen LogP) is 3.51. The lowest BCUT2D eigenvalue weighted by Crippen LogP contribution is -2.45. The van der Waals surface area contributed by atoms with E-state index in [9.17, 15) is 5.11 Å². The van der Waals surface area contributed by atoms with Gasteiger partial charge in [-0.05, 0) is 56.8 Å². The first-order valence-electron chi connectivity index (χ1n) is 10.2. The van der Waals surface area contributed by atoms with Crippen LogP contribution in [0.25, 0.3) is 0 Å². The highest BCUT2D eigenvalue weighted by Crippen LogP contribution is 2.18. The van der Waals surface area contributed by atoms with E-state index in [2.05, 4.69) is 60.6 Å². The number of benzene rings is 1. The van der Waals surface area contributed by atoms with Gasteiger partial charge in [0, 0.05) is 19.1 Å². The van der Waals surface area contributed by atoms with Crippen LogP contribution < -0.4 is 10.6 Å². The summed E-state index contributed by atoms with van der Waals surface area (Å²) in [5.74, 6) is 0.876. The number of hydrogen-bond donors (Lipinski definition) is 3. The highest BCUT2D eigenvalue weighted by atomic mass is 127. The molecule has 0 heterocycles. The lowest BCUT2D eigenvalue weighted by Gasteiger charge is -2.27. The number of aliphatic hydroxyl groups excluding tert-OH is 1. The number of hydrogen-bond acceptors (Lipinski definition) is 3. The van der Waals surface area contributed by atoms with Crippen molar-refractivity contribution >= 4 is 29.9 Å². The van der Waals surface area contributed by atoms with Crippen LogP contribution in [0.1, 0.15) is 57.6 Å². The summed E-state index contributed by atoms with van der Waals surface area (Å²) in [6, 6.07) is 9.21. The number of rotatable bonds is 8. The monoisotopic (exact) mass is 488 g/mol. The van der Waals surface area contributed by atoms with Crippen LogP contribution in [-0.4, -0.2) is 47.7 Å². The quantitative estimate of drug-likeness (QED) is 0.298. The first-order chi connectivity index (χ1) is 12.6. The minimum atomic E-state index is -0.123. The van der Waals surface area contributed by atoms with Gasteiger partial charge in [-0.1, -0.05) is 38.1 Å². The topological polar surface area (TPSA) is 59.9 Å². The van der Waals surface area contributed by atoms with Gasteiger partial charge in [0.15, 0.2) is 5.96 Å². The molecule has 27 heavy (non-hydrogen) atoms. The van der Waals surface area contributed by atoms with Crippen LogP contribution in [0.4, 0.5) is 0 Å². The lowest BCUT2D eigenvalue weighted by molar-refractivity contribution is 0.120. The third-order valence-corrected chi connectivity index (χ3v) is 5.13. The minimum Gasteiger partial charge on any atom is -0.393 e. The number of aliphatic hydroxyl groups is 1. The average Bonchev–Trinajstić information content (AvgIpc) is 2.67. The Balaban J connectivity index is 0.00000364. The zero-order chi connectivity index (χ0) is 18.8. The first kappa shape index (κ1) is 24.2. The Morgan fingerprint density at radius 2 is 1.63 bits per heavy atom. The van der Waals surface area contributed by atoms with Crippen LogP contribution in [0.2, 0.25) is 0 Å². The smallest absolute Gasteiger partial charge is 0.191 e. The summed E-state index contributed by atoms with van der Waals surface area (Å²) < 4.78 is 0. The zero-order valence-corrected chi connectivity index (χ0v) is 19.4. The molecule has 154 valence electrons. The van der Waals surface area contributed by atoms with E-state index in [1.54, 1.807) is 0 Å². The molecule has 1 aromatic rings. The molecule has 1 saturated carbocycles. The van der Waals surface area contributed by atoms with Gasteiger partial charge in [0.2, 0.25) is 0 Å². The second-order valence-electron chi connectivity index (χ2n) is 7.12. The molecule has 0 atom stereocenters. The van der Waals surface area contributed by atoms with Gasteiger partial charge in [-0.25, -0.2) is 4.99 Å². The molecule has 0 amide bonds. The van der Waals surface area contributed by atoms with Crippen molar-refractivity contribution in [3.8, 4) is 0 Å². The standard InChI is InChI=1S/C21H36N4O.HI/c1-4-22-21(24-19-11-13-20(26)14-12-19)23-15-17-7-9-18(10-8-17)16-25(5-2)6-3;/h7-10,19-20,26H,4-6,11-16H2,1-3H3,(H2,22,23,24);1H. The van der Waals surface area contributed by atoms with E-state index in [-0.39, 0.29) is 30.1 Å². The summed E-state index contributed by atoms with van der Waals surface area (Å²) in [4.78, 5) is 7.16. The van der Waals surface area contributed by atoms with Crippen molar-refractivity contribution in [2.45, 2.75) is 71.7 Å². The van der Waals surface area contributed by atoms with Crippen molar-refractivity contribution in [2.24, 2.45) is 4.99 Å². The summed E-state index contributed by atoms with van der Waals surface area (Å²) in [6.45, 7) is 11.2. The van der Waals surface area contributed by atoms with Gasteiger partial charge in [0.25, 0.3) is 0 Å².